The average Bonchev–Trinajstić information content (AvgIpc) is 3.05. The number of ether oxygens (including phenoxy) is 1. The van der Waals surface area contributed by atoms with E-state index in [4.69, 9.17) is 10.5 Å². The largest absolute Gasteiger partial charge is 0.496 e. The molecule has 2 heterocycles. The van der Waals surface area contributed by atoms with Crippen molar-refractivity contribution in [3.63, 3.8) is 0 Å². The van der Waals surface area contributed by atoms with E-state index in [2.05, 4.69) is 20.4 Å². The Labute approximate surface area is 127 Å². The van der Waals surface area contributed by atoms with Gasteiger partial charge >= 0.3 is 0 Å². The molecule has 2 N–H and O–H groups in total. The summed E-state index contributed by atoms with van der Waals surface area (Å²) in [4.78, 5) is 5.65. The van der Waals surface area contributed by atoms with Crippen molar-refractivity contribution in [3.05, 3.63) is 48.2 Å². The Morgan fingerprint density at radius 1 is 1.23 bits per heavy atom. The standard InChI is InChI=1S/C15H16N6O/c1-10(16)12-7-6-11(9-14(12)22-2)21-19-15(18-20-21)13-5-3-4-8-17-13/h3-10H,16H2,1-2H3. The third-order valence-corrected chi connectivity index (χ3v) is 3.25. The van der Waals surface area contributed by atoms with Gasteiger partial charge in [-0.15, -0.1) is 15.0 Å². The van der Waals surface area contributed by atoms with Crippen molar-refractivity contribution in [2.45, 2.75) is 13.0 Å². The van der Waals surface area contributed by atoms with Gasteiger partial charge in [0.1, 0.15) is 11.4 Å². The Morgan fingerprint density at radius 2 is 2.09 bits per heavy atom. The molecule has 0 aliphatic carbocycles. The first-order chi connectivity index (χ1) is 10.7. The lowest BCUT2D eigenvalue weighted by Gasteiger charge is -2.12. The second kappa shape index (κ2) is 5.90. The highest BCUT2D eigenvalue weighted by atomic mass is 16.5. The van der Waals surface area contributed by atoms with Crippen molar-refractivity contribution in [3.8, 4) is 23.0 Å². The third-order valence-electron chi connectivity index (χ3n) is 3.25. The first kappa shape index (κ1) is 14.2. The number of tetrazole rings is 1. The summed E-state index contributed by atoms with van der Waals surface area (Å²) >= 11 is 0. The number of methoxy groups -OCH3 is 1. The minimum atomic E-state index is -0.114. The zero-order valence-electron chi connectivity index (χ0n) is 12.3. The van der Waals surface area contributed by atoms with Crippen LogP contribution >= 0.6 is 0 Å². The van der Waals surface area contributed by atoms with Gasteiger partial charge in [0.15, 0.2) is 0 Å². The van der Waals surface area contributed by atoms with Crippen LogP contribution < -0.4 is 10.5 Å². The number of nitrogens with two attached hydrogens (primary N) is 1. The van der Waals surface area contributed by atoms with E-state index >= 15 is 0 Å². The van der Waals surface area contributed by atoms with Crippen molar-refractivity contribution >= 4 is 0 Å². The zero-order chi connectivity index (χ0) is 15.5. The van der Waals surface area contributed by atoms with E-state index in [9.17, 15) is 0 Å². The summed E-state index contributed by atoms with van der Waals surface area (Å²) in [5, 5.41) is 12.4. The molecule has 0 aliphatic heterocycles. The highest BCUT2D eigenvalue weighted by Gasteiger charge is 2.12. The fourth-order valence-electron chi connectivity index (χ4n) is 2.12. The van der Waals surface area contributed by atoms with Crippen molar-refractivity contribution in [1.82, 2.24) is 25.2 Å². The van der Waals surface area contributed by atoms with Crippen molar-refractivity contribution in [2.75, 3.05) is 7.11 Å². The molecular weight excluding hydrogens is 280 g/mol. The first-order valence-corrected chi connectivity index (χ1v) is 6.84. The number of benzene rings is 1. The van der Waals surface area contributed by atoms with Crippen molar-refractivity contribution in [2.24, 2.45) is 5.73 Å². The molecule has 112 valence electrons. The number of pyridine rings is 1. The summed E-state index contributed by atoms with van der Waals surface area (Å²) in [7, 11) is 1.61. The minimum absolute atomic E-state index is 0.114. The van der Waals surface area contributed by atoms with Crippen LogP contribution in [0.5, 0.6) is 5.75 Å². The van der Waals surface area contributed by atoms with Gasteiger partial charge in [0, 0.05) is 23.9 Å². The maximum Gasteiger partial charge on any atom is 0.223 e. The molecule has 0 spiro atoms. The highest BCUT2D eigenvalue weighted by Crippen LogP contribution is 2.26. The second-order valence-electron chi connectivity index (χ2n) is 4.83. The summed E-state index contributed by atoms with van der Waals surface area (Å²) in [6, 6.07) is 11.1. The van der Waals surface area contributed by atoms with Crippen LogP contribution in [-0.2, 0) is 0 Å². The van der Waals surface area contributed by atoms with E-state index < -0.39 is 0 Å². The van der Waals surface area contributed by atoms with E-state index in [0.717, 1.165) is 11.3 Å². The van der Waals surface area contributed by atoms with Gasteiger partial charge in [-0.25, -0.2) is 0 Å². The number of nitrogens with zero attached hydrogens (tertiary/aromatic N) is 5. The smallest absolute Gasteiger partial charge is 0.223 e. The first-order valence-electron chi connectivity index (χ1n) is 6.84. The molecule has 2 aromatic heterocycles. The van der Waals surface area contributed by atoms with E-state index in [1.807, 2.05) is 43.3 Å². The van der Waals surface area contributed by atoms with Crippen molar-refractivity contribution in [1.29, 1.82) is 0 Å². The van der Waals surface area contributed by atoms with Gasteiger partial charge in [-0.1, -0.05) is 12.1 Å². The van der Waals surface area contributed by atoms with Crippen LogP contribution in [-0.4, -0.2) is 32.3 Å². The molecule has 3 aromatic rings. The third kappa shape index (κ3) is 2.66. The van der Waals surface area contributed by atoms with Crippen LogP contribution in [0.1, 0.15) is 18.5 Å². The molecule has 1 atom stereocenters. The SMILES string of the molecule is COc1cc(-n2nnc(-c3ccccn3)n2)ccc1C(C)N. The molecule has 0 fully saturated rings. The number of aromatic nitrogens is 5. The van der Waals surface area contributed by atoms with Crippen LogP contribution in [0.3, 0.4) is 0 Å². The monoisotopic (exact) mass is 296 g/mol. The molecule has 7 heteroatoms. The molecule has 22 heavy (non-hydrogen) atoms. The van der Waals surface area contributed by atoms with Crippen LogP contribution in [0.2, 0.25) is 0 Å². The van der Waals surface area contributed by atoms with Crippen LogP contribution in [0.4, 0.5) is 0 Å². The molecule has 7 nitrogen and oxygen atoms in total. The molecule has 0 saturated heterocycles. The molecule has 1 aromatic carbocycles. The molecule has 0 radical (unpaired) electrons. The normalized spacial score (nSPS) is 12.1. The topological polar surface area (TPSA) is 91.7 Å². The lowest BCUT2D eigenvalue weighted by molar-refractivity contribution is 0.406. The number of hydrogen-bond acceptors (Lipinski definition) is 6. The summed E-state index contributed by atoms with van der Waals surface area (Å²) in [6.45, 7) is 1.91. The van der Waals surface area contributed by atoms with Crippen LogP contribution in [0.25, 0.3) is 17.2 Å². The molecule has 0 aliphatic rings. The maximum absolute atomic E-state index is 5.92. The fraction of sp³-hybridized carbons (Fsp3) is 0.200. The van der Waals surface area contributed by atoms with Gasteiger partial charge in [0.2, 0.25) is 5.82 Å². The van der Waals surface area contributed by atoms with Gasteiger partial charge in [0.05, 0.1) is 12.8 Å². The summed E-state index contributed by atoms with van der Waals surface area (Å²) < 4.78 is 5.38. The lowest BCUT2D eigenvalue weighted by Crippen LogP contribution is -2.08. The van der Waals surface area contributed by atoms with Gasteiger partial charge in [-0.3, -0.25) is 4.98 Å². The Hall–Kier alpha value is -2.80. The number of hydrogen-bond donors (Lipinski definition) is 1. The molecule has 3 rings (SSSR count). The van der Waals surface area contributed by atoms with Crippen molar-refractivity contribution < 1.29 is 4.74 Å². The molecule has 0 saturated carbocycles. The van der Waals surface area contributed by atoms with Gasteiger partial charge in [-0.05, 0) is 30.3 Å². The van der Waals surface area contributed by atoms with E-state index in [1.54, 1.807) is 13.3 Å². The number of rotatable bonds is 4. The van der Waals surface area contributed by atoms with Gasteiger partial charge in [-0.2, -0.15) is 0 Å². The predicted octanol–water partition coefficient (Wildman–Crippen LogP) is 1.75. The zero-order valence-corrected chi connectivity index (χ0v) is 12.3. The second-order valence-corrected chi connectivity index (χ2v) is 4.83. The van der Waals surface area contributed by atoms with Crippen LogP contribution in [0.15, 0.2) is 42.6 Å². The minimum Gasteiger partial charge on any atom is -0.496 e. The molecular formula is C15H16N6O. The van der Waals surface area contributed by atoms with E-state index in [0.29, 0.717) is 17.3 Å². The predicted molar refractivity (Wildman–Crippen MR) is 81.5 cm³/mol. The maximum atomic E-state index is 5.92. The quantitative estimate of drug-likeness (QED) is 0.788. The van der Waals surface area contributed by atoms with E-state index in [1.165, 1.54) is 4.80 Å². The summed E-state index contributed by atoms with van der Waals surface area (Å²) in [5.41, 5.74) is 8.27. The van der Waals surface area contributed by atoms with Gasteiger partial charge < -0.3 is 10.5 Å². The average molecular weight is 296 g/mol. The Kier molecular flexibility index (Phi) is 3.80. The Balaban J connectivity index is 1.97. The Morgan fingerprint density at radius 3 is 2.77 bits per heavy atom. The summed E-state index contributed by atoms with van der Waals surface area (Å²) in [6.07, 6.45) is 1.69. The lowest BCUT2D eigenvalue weighted by atomic mass is 10.1. The Bertz CT molecular complexity index is 769. The van der Waals surface area contributed by atoms with Crippen LogP contribution in [0, 0.1) is 0 Å². The molecule has 0 amide bonds. The highest BCUT2D eigenvalue weighted by molar-refractivity contribution is 5.48. The molecule has 0 bridgehead atoms. The molecule has 1 unspecified atom stereocenters. The van der Waals surface area contributed by atoms with Gasteiger partial charge in [0.25, 0.3) is 0 Å². The van der Waals surface area contributed by atoms with E-state index in [-0.39, 0.29) is 6.04 Å². The fourth-order valence-corrected chi connectivity index (χ4v) is 2.12. The summed E-state index contributed by atoms with van der Waals surface area (Å²) in [5.74, 6) is 1.17.